The second-order valence-corrected chi connectivity index (χ2v) is 5.97. The van der Waals surface area contributed by atoms with Crippen molar-refractivity contribution in [1.29, 1.82) is 0 Å². The topological polar surface area (TPSA) is 58.7 Å². The third-order valence-corrected chi connectivity index (χ3v) is 4.11. The Hall–Kier alpha value is -0.160. The molecule has 0 heterocycles. The number of nitrogens with two attached hydrogens (primary N) is 1. The van der Waals surface area contributed by atoms with Crippen LogP contribution in [0.2, 0.25) is 0 Å². The standard InChI is InChI=1S/C15H32N2O2/c1-4-17(10-14(18)11-19-12(2)3)15-8-6-5-7-13(15)9-16/h12-15,18H,4-11,16H2,1-3H3. The normalized spacial score (nSPS) is 26.1. The van der Waals surface area contributed by atoms with Gasteiger partial charge in [0.1, 0.15) is 0 Å². The maximum Gasteiger partial charge on any atom is 0.0900 e. The van der Waals surface area contributed by atoms with E-state index in [-0.39, 0.29) is 6.10 Å². The molecule has 0 saturated heterocycles. The Morgan fingerprint density at radius 2 is 2.00 bits per heavy atom. The second-order valence-electron chi connectivity index (χ2n) is 5.97. The van der Waals surface area contributed by atoms with Crippen molar-refractivity contribution in [2.24, 2.45) is 11.7 Å². The molecule has 0 radical (unpaired) electrons. The highest BCUT2D eigenvalue weighted by atomic mass is 16.5. The number of hydrogen-bond acceptors (Lipinski definition) is 4. The minimum atomic E-state index is -0.400. The van der Waals surface area contributed by atoms with E-state index >= 15 is 0 Å². The van der Waals surface area contributed by atoms with Crippen molar-refractivity contribution in [3.63, 3.8) is 0 Å². The third-order valence-electron chi connectivity index (χ3n) is 4.11. The van der Waals surface area contributed by atoms with Crippen LogP contribution in [0.4, 0.5) is 0 Å². The molecule has 0 aromatic rings. The molecule has 0 aliphatic heterocycles. The molecule has 1 aliphatic carbocycles. The Balaban J connectivity index is 2.46. The Bertz CT molecular complexity index is 236. The summed E-state index contributed by atoms with van der Waals surface area (Å²) in [6.45, 7) is 9.02. The summed E-state index contributed by atoms with van der Waals surface area (Å²) in [4.78, 5) is 2.39. The highest BCUT2D eigenvalue weighted by molar-refractivity contribution is 4.84. The van der Waals surface area contributed by atoms with Crippen molar-refractivity contribution in [2.75, 3.05) is 26.2 Å². The van der Waals surface area contributed by atoms with E-state index in [0.717, 1.165) is 13.1 Å². The zero-order valence-electron chi connectivity index (χ0n) is 12.8. The summed E-state index contributed by atoms with van der Waals surface area (Å²) in [6, 6.07) is 0.539. The van der Waals surface area contributed by atoms with Crippen molar-refractivity contribution in [1.82, 2.24) is 4.90 Å². The Kier molecular flexibility index (Phi) is 7.91. The van der Waals surface area contributed by atoms with Crippen molar-refractivity contribution in [3.05, 3.63) is 0 Å². The van der Waals surface area contributed by atoms with Crippen LogP contribution in [0.15, 0.2) is 0 Å². The predicted octanol–water partition coefficient (Wildman–Crippen LogP) is 1.61. The maximum atomic E-state index is 10.1. The van der Waals surface area contributed by atoms with E-state index in [1.807, 2.05) is 13.8 Å². The van der Waals surface area contributed by atoms with Crippen LogP contribution in [0, 0.1) is 5.92 Å². The molecule has 4 heteroatoms. The first-order valence-electron chi connectivity index (χ1n) is 7.82. The quantitative estimate of drug-likeness (QED) is 0.705. The number of likely N-dealkylation sites (N-methyl/N-ethyl adjacent to an activating group) is 1. The number of hydrogen-bond donors (Lipinski definition) is 2. The van der Waals surface area contributed by atoms with Gasteiger partial charge in [-0.2, -0.15) is 0 Å². The molecule has 4 nitrogen and oxygen atoms in total. The first-order chi connectivity index (χ1) is 9.08. The van der Waals surface area contributed by atoms with Gasteiger partial charge in [0.05, 0.1) is 18.8 Å². The van der Waals surface area contributed by atoms with Crippen LogP contribution in [-0.4, -0.2) is 54.5 Å². The van der Waals surface area contributed by atoms with Gasteiger partial charge in [0.15, 0.2) is 0 Å². The van der Waals surface area contributed by atoms with E-state index in [1.165, 1.54) is 25.7 Å². The molecule has 0 aromatic heterocycles. The number of aliphatic hydroxyl groups is 1. The molecule has 3 atom stereocenters. The number of nitrogens with zero attached hydrogens (tertiary/aromatic N) is 1. The average Bonchev–Trinajstić information content (AvgIpc) is 2.42. The highest BCUT2D eigenvalue weighted by Crippen LogP contribution is 2.27. The first kappa shape index (κ1) is 16.9. The average molecular weight is 272 g/mol. The van der Waals surface area contributed by atoms with Crippen molar-refractivity contribution in [2.45, 2.75) is 64.7 Å². The van der Waals surface area contributed by atoms with Crippen LogP contribution in [0.5, 0.6) is 0 Å². The fourth-order valence-corrected chi connectivity index (χ4v) is 3.07. The minimum absolute atomic E-state index is 0.177. The summed E-state index contributed by atoms with van der Waals surface area (Å²) in [5.41, 5.74) is 5.90. The van der Waals surface area contributed by atoms with Gasteiger partial charge in [0.25, 0.3) is 0 Å². The predicted molar refractivity (Wildman–Crippen MR) is 79.1 cm³/mol. The summed E-state index contributed by atoms with van der Waals surface area (Å²) in [5, 5.41) is 10.1. The molecule has 3 N–H and O–H groups in total. The van der Waals surface area contributed by atoms with Crippen molar-refractivity contribution >= 4 is 0 Å². The van der Waals surface area contributed by atoms with E-state index in [9.17, 15) is 5.11 Å². The molecule has 3 unspecified atom stereocenters. The molecule has 114 valence electrons. The van der Waals surface area contributed by atoms with Crippen LogP contribution in [0.25, 0.3) is 0 Å². The summed E-state index contributed by atoms with van der Waals surface area (Å²) >= 11 is 0. The van der Waals surface area contributed by atoms with Crippen molar-refractivity contribution in [3.8, 4) is 0 Å². The smallest absolute Gasteiger partial charge is 0.0900 e. The molecule has 0 spiro atoms. The zero-order chi connectivity index (χ0) is 14.3. The SMILES string of the molecule is CCN(CC(O)COC(C)C)C1CCCCC1CN. The Labute approximate surface area is 118 Å². The minimum Gasteiger partial charge on any atom is -0.389 e. The van der Waals surface area contributed by atoms with Gasteiger partial charge in [-0.05, 0) is 45.7 Å². The van der Waals surface area contributed by atoms with Gasteiger partial charge in [-0.25, -0.2) is 0 Å². The van der Waals surface area contributed by atoms with Crippen LogP contribution in [0.1, 0.15) is 46.5 Å². The molecule has 0 bridgehead atoms. The van der Waals surface area contributed by atoms with E-state index in [4.69, 9.17) is 10.5 Å². The fourth-order valence-electron chi connectivity index (χ4n) is 3.07. The molecule has 0 amide bonds. The summed E-state index contributed by atoms with van der Waals surface area (Å²) < 4.78 is 5.49. The lowest BCUT2D eigenvalue weighted by molar-refractivity contribution is -0.0207. The number of ether oxygens (including phenoxy) is 1. The van der Waals surface area contributed by atoms with Crippen LogP contribution in [-0.2, 0) is 4.74 Å². The van der Waals surface area contributed by atoms with Gasteiger partial charge in [-0.1, -0.05) is 19.8 Å². The second kappa shape index (κ2) is 8.90. The van der Waals surface area contributed by atoms with Crippen LogP contribution in [0.3, 0.4) is 0 Å². The summed E-state index contributed by atoms with van der Waals surface area (Å²) in [5.74, 6) is 0.590. The van der Waals surface area contributed by atoms with Crippen LogP contribution >= 0.6 is 0 Å². The van der Waals surface area contributed by atoms with Gasteiger partial charge in [-0.15, -0.1) is 0 Å². The molecule has 1 rings (SSSR count). The van der Waals surface area contributed by atoms with E-state index < -0.39 is 6.10 Å². The van der Waals surface area contributed by atoms with E-state index in [1.54, 1.807) is 0 Å². The molecular formula is C15H32N2O2. The Morgan fingerprint density at radius 3 is 2.58 bits per heavy atom. The fraction of sp³-hybridized carbons (Fsp3) is 1.00. The van der Waals surface area contributed by atoms with Gasteiger partial charge in [-0.3, -0.25) is 4.90 Å². The molecule has 1 fully saturated rings. The molecular weight excluding hydrogens is 240 g/mol. The zero-order valence-corrected chi connectivity index (χ0v) is 12.8. The first-order valence-corrected chi connectivity index (χ1v) is 7.82. The van der Waals surface area contributed by atoms with Gasteiger partial charge >= 0.3 is 0 Å². The summed E-state index contributed by atoms with van der Waals surface area (Å²) in [6.07, 6.45) is 4.81. The summed E-state index contributed by atoms with van der Waals surface area (Å²) in [7, 11) is 0. The molecule has 19 heavy (non-hydrogen) atoms. The third kappa shape index (κ3) is 5.78. The number of aliphatic hydroxyl groups excluding tert-OH is 1. The lowest BCUT2D eigenvalue weighted by Crippen LogP contribution is -2.48. The monoisotopic (exact) mass is 272 g/mol. The number of rotatable bonds is 8. The lowest BCUT2D eigenvalue weighted by Gasteiger charge is -2.40. The van der Waals surface area contributed by atoms with Crippen LogP contribution < -0.4 is 5.73 Å². The molecule has 1 saturated carbocycles. The Morgan fingerprint density at radius 1 is 1.32 bits per heavy atom. The molecule has 1 aliphatic rings. The lowest BCUT2D eigenvalue weighted by atomic mass is 9.83. The van der Waals surface area contributed by atoms with Crippen molar-refractivity contribution < 1.29 is 9.84 Å². The van der Waals surface area contributed by atoms with E-state index in [2.05, 4.69) is 11.8 Å². The van der Waals surface area contributed by atoms with Gasteiger partial charge < -0.3 is 15.6 Å². The van der Waals surface area contributed by atoms with E-state index in [0.29, 0.717) is 25.1 Å². The largest absolute Gasteiger partial charge is 0.389 e. The maximum absolute atomic E-state index is 10.1. The molecule has 0 aromatic carbocycles. The van der Waals surface area contributed by atoms with Gasteiger partial charge in [0, 0.05) is 12.6 Å². The van der Waals surface area contributed by atoms with Gasteiger partial charge in [0.2, 0.25) is 0 Å². The highest BCUT2D eigenvalue weighted by Gasteiger charge is 2.29.